The van der Waals surface area contributed by atoms with Crippen molar-refractivity contribution >= 4 is 11.9 Å². The minimum Gasteiger partial charge on any atom is -0.507 e. The van der Waals surface area contributed by atoms with Gasteiger partial charge in [0, 0.05) is 13.1 Å². The summed E-state index contributed by atoms with van der Waals surface area (Å²) in [5.74, 6) is -1.80. The Morgan fingerprint density at radius 2 is 2.29 bits per heavy atom. The highest BCUT2D eigenvalue weighted by atomic mass is 19.1. The molecule has 0 aromatic heterocycles. The van der Waals surface area contributed by atoms with E-state index in [1.54, 1.807) is 0 Å². The van der Waals surface area contributed by atoms with E-state index < -0.39 is 23.8 Å². The maximum Gasteiger partial charge on any atom is 0.308 e. The van der Waals surface area contributed by atoms with Crippen molar-refractivity contribution in [3.05, 3.63) is 29.6 Å². The number of rotatable bonds is 3. The second kappa shape index (κ2) is 6.53. The molecule has 0 saturated carbocycles. The van der Waals surface area contributed by atoms with Crippen LogP contribution in [0.5, 0.6) is 5.75 Å². The first-order valence-corrected chi connectivity index (χ1v) is 6.47. The smallest absolute Gasteiger partial charge is 0.308 e. The van der Waals surface area contributed by atoms with Crippen molar-refractivity contribution in [2.45, 2.75) is 12.5 Å². The molecule has 1 fully saturated rings. The van der Waals surface area contributed by atoms with Crippen LogP contribution in [0.15, 0.2) is 18.2 Å². The molecule has 1 aliphatic heterocycles. The van der Waals surface area contributed by atoms with Crippen LogP contribution in [0, 0.1) is 5.82 Å². The number of nitrogens with zero attached hydrogens (tertiary/aromatic N) is 1. The molecule has 1 heterocycles. The number of hydrogen-bond donors (Lipinski definition) is 1. The zero-order valence-electron chi connectivity index (χ0n) is 11.5. The van der Waals surface area contributed by atoms with Gasteiger partial charge in [0.1, 0.15) is 11.6 Å². The van der Waals surface area contributed by atoms with E-state index in [0.717, 1.165) is 18.2 Å². The second-order valence-corrected chi connectivity index (χ2v) is 4.69. The van der Waals surface area contributed by atoms with Gasteiger partial charge in [0.25, 0.3) is 5.91 Å². The number of aromatic hydroxyl groups is 1. The third-order valence-electron chi connectivity index (χ3n) is 3.24. The predicted octanol–water partition coefficient (Wildman–Crippen LogP) is 0.935. The number of amides is 1. The summed E-state index contributed by atoms with van der Waals surface area (Å²) in [5, 5.41) is 9.67. The molecule has 0 radical (unpaired) electrons. The van der Waals surface area contributed by atoms with Gasteiger partial charge in [-0.25, -0.2) is 4.39 Å². The number of halogens is 1. The molecule has 1 atom stereocenters. The molecule has 0 aliphatic carbocycles. The molecule has 1 N–H and O–H groups in total. The number of carbonyl (C=O) groups excluding carboxylic acids is 2. The topological polar surface area (TPSA) is 76.1 Å². The van der Waals surface area contributed by atoms with Gasteiger partial charge in [0.15, 0.2) is 0 Å². The Kier molecular flexibility index (Phi) is 4.74. The Bertz CT molecular complexity index is 548. The van der Waals surface area contributed by atoms with Gasteiger partial charge in [-0.2, -0.15) is 0 Å². The van der Waals surface area contributed by atoms with E-state index in [-0.39, 0.29) is 30.9 Å². The fourth-order valence-electron chi connectivity index (χ4n) is 2.15. The van der Waals surface area contributed by atoms with Gasteiger partial charge >= 0.3 is 5.97 Å². The third kappa shape index (κ3) is 3.69. The van der Waals surface area contributed by atoms with Crippen LogP contribution in [0.3, 0.4) is 0 Å². The van der Waals surface area contributed by atoms with Gasteiger partial charge in [-0.1, -0.05) is 0 Å². The molecule has 1 amide bonds. The highest BCUT2D eigenvalue weighted by Crippen LogP contribution is 2.21. The number of esters is 1. The molecule has 21 heavy (non-hydrogen) atoms. The number of phenols is 1. The highest BCUT2D eigenvalue weighted by molar-refractivity contribution is 5.96. The molecular weight excluding hydrogens is 281 g/mol. The lowest BCUT2D eigenvalue weighted by Crippen LogP contribution is -2.46. The molecule has 7 heteroatoms. The van der Waals surface area contributed by atoms with Crippen molar-refractivity contribution in [3.8, 4) is 5.75 Å². The van der Waals surface area contributed by atoms with Gasteiger partial charge in [0.2, 0.25) is 0 Å². The Morgan fingerprint density at radius 3 is 3.00 bits per heavy atom. The van der Waals surface area contributed by atoms with Gasteiger partial charge < -0.3 is 19.5 Å². The van der Waals surface area contributed by atoms with Crippen LogP contribution >= 0.6 is 0 Å². The molecule has 0 spiro atoms. The van der Waals surface area contributed by atoms with Crippen LogP contribution in [0.1, 0.15) is 16.8 Å². The van der Waals surface area contributed by atoms with Gasteiger partial charge in [0.05, 0.1) is 31.8 Å². The maximum absolute atomic E-state index is 13.2. The molecule has 1 aromatic carbocycles. The third-order valence-corrected chi connectivity index (χ3v) is 3.24. The summed E-state index contributed by atoms with van der Waals surface area (Å²) in [6, 6.07) is 3.20. The molecule has 114 valence electrons. The lowest BCUT2D eigenvalue weighted by molar-refractivity contribution is -0.145. The quantitative estimate of drug-likeness (QED) is 0.840. The Balaban J connectivity index is 2.08. The zero-order valence-corrected chi connectivity index (χ0v) is 11.5. The molecular formula is C14H16FNO5. The van der Waals surface area contributed by atoms with Crippen molar-refractivity contribution in [2.24, 2.45) is 0 Å². The van der Waals surface area contributed by atoms with E-state index in [4.69, 9.17) is 4.74 Å². The van der Waals surface area contributed by atoms with Crippen LogP contribution in [0.2, 0.25) is 0 Å². The summed E-state index contributed by atoms with van der Waals surface area (Å²) < 4.78 is 23.1. The largest absolute Gasteiger partial charge is 0.507 e. The van der Waals surface area contributed by atoms with Crippen LogP contribution in [0.25, 0.3) is 0 Å². The first-order valence-electron chi connectivity index (χ1n) is 6.47. The molecule has 1 unspecified atom stereocenters. The predicted molar refractivity (Wildman–Crippen MR) is 70.3 cm³/mol. The Labute approximate surface area is 121 Å². The summed E-state index contributed by atoms with van der Waals surface area (Å²) in [6.45, 7) is 0.764. The molecule has 1 aromatic rings. The van der Waals surface area contributed by atoms with Gasteiger partial charge in [-0.15, -0.1) is 0 Å². The molecule has 1 aliphatic rings. The summed E-state index contributed by atoms with van der Waals surface area (Å²) in [4.78, 5) is 25.0. The number of morpholine rings is 1. The Hall–Kier alpha value is -2.15. The lowest BCUT2D eigenvalue weighted by Gasteiger charge is -2.32. The molecule has 2 rings (SSSR count). The van der Waals surface area contributed by atoms with Crippen molar-refractivity contribution in [2.75, 3.05) is 26.8 Å². The van der Waals surface area contributed by atoms with E-state index in [1.807, 2.05) is 0 Å². The van der Waals surface area contributed by atoms with E-state index in [0.29, 0.717) is 6.54 Å². The van der Waals surface area contributed by atoms with Crippen molar-refractivity contribution in [1.29, 1.82) is 0 Å². The van der Waals surface area contributed by atoms with Gasteiger partial charge in [-0.3, -0.25) is 9.59 Å². The SMILES string of the molecule is COC(=O)CC1CN(C(=O)c2cc(F)ccc2O)CCO1. The summed E-state index contributed by atoms with van der Waals surface area (Å²) in [7, 11) is 1.28. The second-order valence-electron chi connectivity index (χ2n) is 4.69. The normalized spacial score (nSPS) is 18.4. The number of phenolic OH excluding ortho intramolecular Hbond substituents is 1. The minimum atomic E-state index is -0.601. The number of hydrogen-bond acceptors (Lipinski definition) is 5. The number of ether oxygens (including phenoxy) is 2. The number of carbonyl (C=O) groups is 2. The minimum absolute atomic E-state index is 0.0371. The van der Waals surface area contributed by atoms with E-state index >= 15 is 0 Å². The van der Waals surface area contributed by atoms with Crippen molar-refractivity contribution in [3.63, 3.8) is 0 Å². The summed E-state index contributed by atoms with van der Waals surface area (Å²) in [5.41, 5.74) is -0.103. The van der Waals surface area contributed by atoms with Crippen LogP contribution in [-0.4, -0.2) is 54.8 Å². The highest BCUT2D eigenvalue weighted by Gasteiger charge is 2.28. The Morgan fingerprint density at radius 1 is 1.52 bits per heavy atom. The number of benzene rings is 1. The standard InChI is InChI=1S/C14H16FNO5/c1-20-13(18)7-10-8-16(4-5-21-10)14(19)11-6-9(15)2-3-12(11)17/h2-3,6,10,17H,4-5,7-8H2,1H3. The molecule has 1 saturated heterocycles. The first kappa shape index (κ1) is 15.2. The zero-order chi connectivity index (χ0) is 15.4. The maximum atomic E-state index is 13.2. The summed E-state index contributed by atoms with van der Waals surface area (Å²) in [6.07, 6.45) is -0.430. The average Bonchev–Trinajstić information content (AvgIpc) is 2.49. The first-order chi connectivity index (χ1) is 10.0. The monoisotopic (exact) mass is 297 g/mol. The lowest BCUT2D eigenvalue weighted by atomic mass is 10.1. The van der Waals surface area contributed by atoms with E-state index in [2.05, 4.69) is 4.74 Å². The van der Waals surface area contributed by atoms with Crippen molar-refractivity contribution in [1.82, 2.24) is 4.90 Å². The summed E-state index contributed by atoms with van der Waals surface area (Å²) >= 11 is 0. The van der Waals surface area contributed by atoms with Crippen molar-refractivity contribution < 1.29 is 28.6 Å². The average molecular weight is 297 g/mol. The fourth-order valence-corrected chi connectivity index (χ4v) is 2.15. The molecule has 0 bridgehead atoms. The number of methoxy groups -OCH3 is 1. The van der Waals surface area contributed by atoms with Crippen LogP contribution in [-0.2, 0) is 14.3 Å². The fraction of sp³-hybridized carbons (Fsp3) is 0.429. The van der Waals surface area contributed by atoms with E-state index in [1.165, 1.54) is 12.0 Å². The molecule has 6 nitrogen and oxygen atoms in total. The van der Waals surface area contributed by atoms with Gasteiger partial charge in [-0.05, 0) is 18.2 Å². The van der Waals surface area contributed by atoms with Crippen LogP contribution in [0.4, 0.5) is 4.39 Å². The van der Waals surface area contributed by atoms with E-state index in [9.17, 15) is 19.1 Å². The van der Waals surface area contributed by atoms with Crippen LogP contribution < -0.4 is 0 Å².